The van der Waals surface area contributed by atoms with Crippen LogP contribution in [0.25, 0.3) is 0 Å². The van der Waals surface area contributed by atoms with Crippen LogP contribution in [0.5, 0.6) is 0 Å². The number of thiophene rings is 1. The SMILES string of the molecule is Cl.NC(=O)CC(N)C(=O)NCCc1cccs1. The lowest BCUT2D eigenvalue weighted by atomic mass is 10.2. The summed E-state index contributed by atoms with van der Waals surface area (Å²) in [7, 11) is 0. The monoisotopic (exact) mass is 277 g/mol. The van der Waals surface area contributed by atoms with Gasteiger partial charge in [-0.25, -0.2) is 0 Å². The lowest BCUT2D eigenvalue weighted by molar-refractivity contribution is -0.126. The Hall–Kier alpha value is -1.11. The summed E-state index contributed by atoms with van der Waals surface area (Å²) in [5, 5.41) is 4.64. The van der Waals surface area contributed by atoms with Crippen molar-refractivity contribution in [3.8, 4) is 0 Å². The average molecular weight is 278 g/mol. The summed E-state index contributed by atoms with van der Waals surface area (Å²) in [5.41, 5.74) is 10.4. The minimum absolute atomic E-state index is 0. The average Bonchev–Trinajstić information content (AvgIpc) is 2.69. The van der Waals surface area contributed by atoms with Crippen molar-refractivity contribution in [2.24, 2.45) is 11.5 Å². The van der Waals surface area contributed by atoms with E-state index in [1.165, 1.54) is 4.88 Å². The Morgan fingerprint density at radius 2 is 2.18 bits per heavy atom. The van der Waals surface area contributed by atoms with Crippen LogP contribution in [0, 0.1) is 0 Å². The van der Waals surface area contributed by atoms with Gasteiger partial charge in [0.1, 0.15) is 0 Å². The van der Waals surface area contributed by atoms with Gasteiger partial charge in [0.05, 0.1) is 12.5 Å². The van der Waals surface area contributed by atoms with Crippen LogP contribution in [0.3, 0.4) is 0 Å². The van der Waals surface area contributed by atoms with Crippen molar-refractivity contribution in [3.05, 3.63) is 22.4 Å². The van der Waals surface area contributed by atoms with Crippen molar-refractivity contribution >= 4 is 35.6 Å². The minimum atomic E-state index is -0.846. The zero-order chi connectivity index (χ0) is 12.0. The number of hydrogen-bond donors (Lipinski definition) is 3. The second-order valence-electron chi connectivity index (χ2n) is 3.40. The quantitative estimate of drug-likeness (QED) is 0.684. The smallest absolute Gasteiger partial charge is 0.237 e. The first kappa shape index (κ1) is 15.9. The summed E-state index contributed by atoms with van der Waals surface area (Å²) in [6, 6.07) is 3.11. The van der Waals surface area contributed by atoms with Crippen LogP contribution in [0.1, 0.15) is 11.3 Å². The van der Waals surface area contributed by atoms with Crippen LogP contribution < -0.4 is 16.8 Å². The van der Waals surface area contributed by atoms with Crippen molar-refractivity contribution < 1.29 is 9.59 Å². The van der Waals surface area contributed by atoms with Crippen molar-refractivity contribution in [2.45, 2.75) is 18.9 Å². The molecule has 1 heterocycles. The highest BCUT2D eigenvalue weighted by Gasteiger charge is 2.14. The standard InChI is InChI=1S/C10H15N3O2S.ClH/c11-8(6-9(12)14)10(15)13-4-3-7-2-1-5-16-7;/h1-2,5,8H,3-4,6,11H2,(H2,12,14)(H,13,15);1H. The number of rotatable bonds is 6. The summed E-state index contributed by atoms with van der Waals surface area (Å²) >= 11 is 1.64. The number of halogens is 1. The highest BCUT2D eigenvalue weighted by molar-refractivity contribution is 7.09. The third-order valence-electron chi connectivity index (χ3n) is 2.01. The van der Waals surface area contributed by atoms with Gasteiger partial charge in [0.2, 0.25) is 11.8 Å². The van der Waals surface area contributed by atoms with Crippen molar-refractivity contribution in [3.63, 3.8) is 0 Å². The highest BCUT2D eigenvalue weighted by Crippen LogP contribution is 2.07. The number of primary amides is 1. The van der Waals surface area contributed by atoms with E-state index in [2.05, 4.69) is 5.32 Å². The van der Waals surface area contributed by atoms with E-state index in [-0.39, 0.29) is 24.7 Å². The van der Waals surface area contributed by atoms with E-state index in [1.807, 2.05) is 17.5 Å². The van der Waals surface area contributed by atoms with E-state index in [0.717, 1.165) is 6.42 Å². The van der Waals surface area contributed by atoms with Crippen molar-refractivity contribution in [2.75, 3.05) is 6.54 Å². The Morgan fingerprint density at radius 1 is 1.47 bits per heavy atom. The predicted octanol–water partition coefficient (Wildman–Crippen LogP) is 0.0313. The Morgan fingerprint density at radius 3 is 2.71 bits per heavy atom. The summed E-state index contributed by atoms with van der Waals surface area (Å²) in [5.74, 6) is -0.906. The molecule has 2 amide bonds. The molecule has 0 fully saturated rings. The molecule has 7 heteroatoms. The van der Waals surface area contributed by atoms with Gasteiger partial charge in [-0.3, -0.25) is 9.59 Å². The maximum Gasteiger partial charge on any atom is 0.237 e. The lowest BCUT2D eigenvalue weighted by Gasteiger charge is -2.09. The van der Waals surface area contributed by atoms with Gasteiger partial charge < -0.3 is 16.8 Å². The summed E-state index contributed by atoms with van der Waals surface area (Å²) in [6.07, 6.45) is 0.650. The fourth-order valence-electron chi connectivity index (χ4n) is 1.20. The van der Waals surface area contributed by atoms with E-state index < -0.39 is 11.9 Å². The normalized spacial score (nSPS) is 11.4. The lowest BCUT2D eigenvalue weighted by Crippen LogP contribution is -2.43. The van der Waals surface area contributed by atoms with Crippen LogP contribution >= 0.6 is 23.7 Å². The fourth-order valence-corrected chi connectivity index (χ4v) is 1.91. The number of amides is 2. The molecule has 0 saturated carbocycles. The second kappa shape index (κ2) is 8.05. The molecule has 5 N–H and O–H groups in total. The molecule has 1 rings (SSSR count). The van der Waals surface area contributed by atoms with Gasteiger partial charge in [0.15, 0.2) is 0 Å². The maximum atomic E-state index is 11.4. The predicted molar refractivity (Wildman–Crippen MR) is 70.1 cm³/mol. The molecule has 0 aliphatic rings. The Labute approximate surface area is 110 Å². The van der Waals surface area contributed by atoms with Crippen molar-refractivity contribution in [1.82, 2.24) is 5.32 Å². The third-order valence-corrected chi connectivity index (χ3v) is 2.94. The molecular weight excluding hydrogens is 262 g/mol. The van der Waals surface area contributed by atoms with E-state index >= 15 is 0 Å². The largest absolute Gasteiger partial charge is 0.370 e. The van der Waals surface area contributed by atoms with Crippen LogP contribution in [-0.4, -0.2) is 24.4 Å². The first-order valence-electron chi connectivity index (χ1n) is 4.93. The Balaban J connectivity index is 0.00000256. The number of hydrogen-bond acceptors (Lipinski definition) is 4. The molecule has 0 aliphatic heterocycles. The zero-order valence-electron chi connectivity index (χ0n) is 9.22. The molecular formula is C10H16ClN3O2S. The Bertz CT molecular complexity index is 356. The van der Waals surface area contributed by atoms with Crippen molar-refractivity contribution in [1.29, 1.82) is 0 Å². The van der Waals surface area contributed by atoms with E-state index in [4.69, 9.17) is 11.5 Å². The summed E-state index contributed by atoms with van der Waals surface area (Å²) < 4.78 is 0. The summed E-state index contributed by atoms with van der Waals surface area (Å²) in [6.45, 7) is 0.520. The first-order valence-corrected chi connectivity index (χ1v) is 5.81. The number of nitrogens with two attached hydrogens (primary N) is 2. The molecule has 0 saturated heterocycles. The molecule has 1 atom stereocenters. The molecule has 0 aliphatic carbocycles. The van der Waals surface area contributed by atoms with Gasteiger partial charge in [0, 0.05) is 11.4 Å². The molecule has 96 valence electrons. The first-order chi connectivity index (χ1) is 7.59. The molecule has 0 spiro atoms. The minimum Gasteiger partial charge on any atom is -0.370 e. The topological polar surface area (TPSA) is 98.2 Å². The van der Waals surface area contributed by atoms with Gasteiger partial charge in [-0.05, 0) is 17.9 Å². The molecule has 5 nitrogen and oxygen atoms in total. The van der Waals surface area contributed by atoms with Gasteiger partial charge in [-0.15, -0.1) is 23.7 Å². The van der Waals surface area contributed by atoms with Crippen LogP contribution in [0.15, 0.2) is 17.5 Å². The number of carbonyl (C=O) groups excluding carboxylic acids is 2. The molecule has 0 bridgehead atoms. The van der Waals surface area contributed by atoms with E-state index in [1.54, 1.807) is 11.3 Å². The van der Waals surface area contributed by atoms with E-state index in [9.17, 15) is 9.59 Å². The van der Waals surface area contributed by atoms with Crippen LogP contribution in [0.4, 0.5) is 0 Å². The van der Waals surface area contributed by atoms with E-state index in [0.29, 0.717) is 6.54 Å². The Kier molecular flexibility index (Phi) is 7.53. The van der Waals surface area contributed by atoms with Gasteiger partial charge in [0.25, 0.3) is 0 Å². The zero-order valence-corrected chi connectivity index (χ0v) is 10.9. The summed E-state index contributed by atoms with van der Waals surface area (Å²) in [4.78, 5) is 23.1. The highest BCUT2D eigenvalue weighted by atomic mass is 35.5. The van der Waals surface area contributed by atoms with Crippen LogP contribution in [0.2, 0.25) is 0 Å². The fraction of sp³-hybridized carbons (Fsp3) is 0.400. The van der Waals surface area contributed by atoms with Crippen LogP contribution in [-0.2, 0) is 16.0 Å². The second-order valence-corrected chi connectivity index (χ2v) is 4.43. The third kappa shape index (κ3) is 6.25. The maximum absolute atomic E-state index is 11.4. The molecule has 0 aromatic carbocycles. The molecule has 1 aromatic heterocycles. The number of carbonyl (C=O) groups is 2. The molecule has 17 heavy (non-hydrogen) atoms. The van der Waals surface area contributed by atoms with Gasteiger partial charge >= 0.3 is 0 Å². The van der Waals surface area contributed by atoms with Gasteiger partial charge in [-0.1, -0.05) is 6.07 Å². The molecule has 0 radical (unpaired) electrons. The molecule has 1 unspecified atom stereocenters. The van der Waals surface area contributed by atoms with Gasteiger partial charge in [-0.2, -0.15) is 0 Å². The number of nitrogens with one attached hydrogen (secondary N) is 1. The molecule has 1 aromatic rings.